The van der Waals surface area contributed by atoms with Gasteiger partial charge in [-0.15, -0.1) is 0 Å². The Morgan fingerprint density at radius 1 is 1.12 bits per heavy atom. The van der Waals surface area contributed by atoms with E-state index in [2.05, 4.69) is 9.88 Å². The molecule has 3 fully saturated rings. The van der Waals surface area contributed by atoms with Gasteiger partial charge >= 0.3 is 0 Å². The summed E-state index contributed by atoms with van der Waals surface area (Å²) in [4.78, 5) is 22.5. The molecule has 0 aliphatic carbocycles. The first kappa shape index (κ1) is 21.4. The van der Waals surface area contributed by atoms with Crippen molar-refractivity contribution in [3.63, 3.8) is 0 Å². The smallest absolute Gasteiger partial charge is 0.257 e. The molecule has 172 valence electrons. The number of rotatable bonds is 3. The number of benzene rings is 1. The predicted octanol–water partition coefficient (Wildman–Crippen LogP) is 2.84. The minimum atomic E-state index is -0.476. The van der Waals surface area contributed by atoms with E-state index in [9.17, 15) is 4.79 Å². The van der Waals surface area contributed by atoms with Gasteiger partial charge in [0, 0.05) is 50.6 Å². The van der Waals surface area contributed by atoms with E-state index >= 15 is 0 Å². The molecule has 0 saturated carbocycles. The number of nitrogens with zero attached hydrogens (tertiary/aromatic N) is 3. The highest BCUT2D eigenvalue weighted by Crippen LogP contribution is 2.38. The zero-order chi connectivity index (χ0) is 22.3. The molecule has 8 heteroatoms. The van der Waals surface area contributed by atoms with E-state index in [1.165, 1.54) is 0 Å². The molecular formula is C24H31N3O5. The van der Waals surface area contributed by atoms with Crippen LogP contribution in [0.3, 0.4) is 0 Å². The SMILES string of the molecule is COc1ccc2ncc(C(=O)N3CC(C)O[C@@H](C)C3)c(N3CCC4(CC3)OCCO4)c2c1. The van der Waals surface area contributed by atoms with Gasteiger partial charge in [0.15, 0.2) is 5.79 Å². The fourth-order valence-electron chi connectivity index (χ4n) is 5.15. The number of amides is 1. The normalized spacial score (nSPS) is 25.5. The second-order valence-corrected chi connectivity index (χ2v) is 8.97. The van der Waals surface area contributed by atoms with Gasteiger partial charge in [0.2, 0.25) is 0 Å². The molecule has 32 heavy (non-hydrogen) atoms. The number of pyridine rings is 1. The summed E-state index contributed by atoms with van der Waals surface area (Å²) in [6, 6.07) is 5.82. The Labute approximate surface area is 188 Å². The Balaban J connectivity index is 1.54. The van der Waals surface area contributed by atoms with E-state index in [1.807, 2.05) is 36.9 Å². The second-order valence-electron chi connectivity index (χ2n) is 8.97. The molecule has 8 nitrogen and oxygen atoms in total. The molecule has 3 aliphatic heterocycles. The van der Waals surface area contributed by atoms with Crippen molar-refractivity contribution in [3.8, 4) is 5.75 Å². The van der Waals surface area contributed by atoms with Gasteiger partial charge in [-0.2, -0.15) is 0 Å². The number of methoxy groups -OCH3 is 1. The summed E-state index contributed by atoms with van der Waals surface area (Å²) in [5, 5.41) is 0.925. The lowest BCUT2D eigenvalue weighted by molar-refractivity contribution is -0.169. The van der Waals surface area contributed by atoms with Crippen molar-refractivity contribution in [1.82, 2.24) is 9.88 Å². The average Bonchev–Trinajstić information content (AvgIpc) is 3.25. The summed E-state index contributed by atoms with van der Waals surface area (Å²) in [6.45, 7) is 7.93. The summed E-state index contributed by atoms with van der Waals surface area (Å²) < 4.78 is 23.2. The molecule has 1 spiro atoms. The van der Waals surface area contributed by atoms with Crippen LogP contribution in [0.5, 0.6) is 5.75 Å². The van der Waals surface area contributed by atoms with E-state index in [4.69, 9.17) is 18.9 Å². The summed E-state index contributed by atoms with van der Waals surface area (Å²) in [6.07, 6.45) is 3.27. The van der Waals surface area contributed by atoms with Gasteiger partial charge in [-0.25, -0.2) is 0 Å². The van der Waals surface area contributed by atoms with Gasteiger partial charge in [0.05, 0.1) is 49.3 Å². The highest BCUT2D eigenvalue weighted by Gasteiger charge is 2.41. The molecule has 5 rings (SSSR count). The maximum absolute atomic E-state index is 13.7. The number of anilines is 1. The van der Waals surface area contributed by atoms with Gasteiger partial charge in [-0.1, -0.05) is 0 Å². The van der Waals surface area contributed by atoms with Crippen LogP contribution in [-0.4, -0.2) is 80.3 Å². The van der Waals surface area contributed by atoms with Crippen LogP contribution in [0.25, 0.3) is 10.9 Å². The first-order chi connectivity index (χ1) is 15.5. The average molecular weight is 442 g/mol. The van der Waals surface area contributed by atoms with Gasteiger partial charge in [-0.05, 0) is 32.0 Å². The fraction of sp³-hybridized carbons (Fsp3) is 0.583. The van der Waals surface area contributed by atoms with Crippen molar-refractivity contribution in [3.05, 3.63) is 30.0 Å². The molecule has 1 unspecified atom stereocenters. The third-order valence-electron chi connectivity index (χ3n) is 6.64. The van der Waals surface area contributed by atoms with E-state index in [-0.39, 0.29) is 18.1 Å². The molecule has 2 atom stereocenters. The Morgan fingerprint density at radius 2 is 1.81 bits per heavy atom. The molecule has 0 bridgehead atoms. The highest BCUT2D eigenvalue weighted by molar-refractivity contribution is 6.07. The number of morpholine rings is 1. The number of piperidine rings is 1. The Morgan fingerprint density at radius 3 is 2.47 bits per heavy atom. The molecule has 1 aromatic heterocycles. The van der Waals surface area contributed by atoms with Crippen molar-refractivity contribution in [2.75, 3.05) is 51.4 Å². The number of hydrogen-bond donors (Lipinski definition) is 0. The first-order valence-corrected chi connectivity index (χ1v) is 11.4. The standard InChI is InChI=1S/C24H31N3O5/c1-16-14-27(15-17(2)32-16)23(28)20-13-25-21-5-4-18(29-3)12-19(21)22(20)26-8-6-24(7-9-26)30-10-11-31-24/h4-5,12-13,16-17H,6-11,14-15H2,1-3H3/t16-,17?/m0/s1. The van der Waals surface area contributed by atoms with Crippen molar-refractivity contribution >= 4 is 22.5 Å². The first-order valence-electron chi connectivity index (χ1n) is 11.4. The molecule has 4 heterocycles. The van der Waals surface area contributed by atoms with E-state index in [0.29, 0.717) is 31.9 Å². The number of hydrogen-bond acceptors (Lipinski definition) is 7. The van der Waals surface area contributed by atoms with Crippen molar-refractivity contribution in [2.45, 2.75) is 44.7 Å². The lowest BCUT2D eigenvalue weighted by Gasteiger charge is -2.40. The zero-order valence-corrected chi connectivity index (χ0v) is 19.0. The molecule has 0 radical (unpaired) electrons. The zero-order valence-electron chi connectivity index (χ0n) is 19.0. The van der Waals surface area contributed by atoms with Crippen molar-refractivity contribution in [1.29, 1.82) is 0 Å². The molecule has 1 amide bonds. The van der Waals surface area contributed by atoms with Gasteiger partial charge < -0.3 is 28.7 Å². The number of carbonyl (C=O) groups excluding carboxylic acids is 1. The van der Waals surface area contributed by atoms with Crippen LogP contribution in [0.15, 0.2) is 24.4 Å². The topological polar surface area (TPSA) is 73.4 Å². The van der Waals surface area contributed by atoms with Crippen LogP contribution in [0.1, 0.15) is 37.0 Å². The lowest BCUT2D eigenvalue weighted by Crippen LogP contribution is -2.49. The molecule has 2 aromatic rings. The van der Waals surface area contributed by atoms with E-state index in [1.54, 1.807) is 13.3 Å². The predicted molar refractivity (Wildman–Crippen MR) is 120 cm³/mol. The Kier molecular flexibility index (Phi) is 5.69. The number of carbonyl (C=O) groups is 1. The maximum atomic E-state index is 13.7. The van der Waals surface area contributed by atoms with E-state index in [0.717, 1.165) is 48.3 Å². The van der Waals surface area contributed by atoms with Crippen LogP contribution < -0.4 is 9.64 Å². The third-order valence-corrected chi connectivity index (χ3v) is 6.64. The van der Waals surface area contributed by atoms with Gasteiger partial charge in [-0.3, -0.25) is 9.78 Å². The van der Waals surface area contributed by atoms with E-state index < -0.39 is 5.79 Å². The highest BCUT2D eigenvalue weighted by atomic mass is 16.7. The minimum absolute atomic E-state index is 0.00571. The Bertz CT molecular complexity index is 987. The van der Waals surface area contributed by atoms with Crippen molar-refractivity contribution in [2.24, 2.45) is 0 Å². The molecule has 0 N–H and O–H groups in total. The van der Waals surface area contributed by atoms with Crippen LogP contribution in [0.2, 0.25) is 0 Å². The largest absolute Gasteiger partial charge is 0.497 e. The summed E-state index contributed by atoms with van der Waals surface area (Å²) >= 11 is 0. The van der Waals surface area contributed by atoms with Crippen LogP contribution >= 0.6 is 0 Å². The van der Waals surface area contributed by atoms with Crippen LogP contribution in [0.4, 0.5) is 5.69 Å². The summed E-state index contributed by atoms with van der Waals surface area (Å²) in [5.41, 5.74) is 2.38. The van der Waals surface area contributed by atoms with Gasteiger partial charge in [0.1, 0.15) is 5.75 Å². The third kappa shape index (κ3) is 3.91. The maximum Gasteiger partial charge on any atom is 0.257 e. The fourth-order valence-corrected chi connectivity index (χ4v) is 5.15. The molecular weight excluding hydrogens is 410 g/mol. The quantitative estimate of drug-likeness (QED) is 0.725. The van der Waals surface area contributed by atoms with Gasteiger partial charge in [0.25, 0.3) is 5.91 Å². The molecule has 3 saturated heterocycles. The number of aromatic nitrogens is 1. The lowest BCUT2D eigenvalue weighted by atomic mass is 9.99. The van der Waals surface area contributed by atoms with Crippen LogP contribution in [0, 0.1) is 0 Å². The Hall–Kier alpha value is -2.42. The summed E-state index contributed by atoms with van der Waals surface area (Å²) in [7, 11) is 1.65. The molecule has 1 aromatic carbocycles. The second kappa shape index (κ2) is 8.50. The number of ether oxygens (including phenoxy) is 4. The van der Waals surface area contributed by atoms with Crippen molar-refractivity contribution < 1.29 is 23.7 Å². The van der Waals surface area contributed by atoms with Crippen LogP contribution in [-0.2, 0) is 14.2 Å². The molecule has 3 aliphatic rings. The minimum Gasteiger partial charge on any atom is -0.497 e. The summed E-state index contributed by atoms with van der Waals surface area (Å²) in [5.74, 6) is 0.263. The monoisotopic (exact) mass is 441 g/mol. The number of fused-ring (bicyclic) bond motifs is 1.